The quantitative estimate of drug-likeness (QED) is 0.183. The second kappa shape index (κ2) is 14.1. The molecule has 162 valence electrons. The van der Waals surface area contributed by atoms with Crippen LogP contribution in [-0.4, -0.2) is 44.4 Å². The van der Waals surface area contributed by atoms with E-state index in [1.54, 1.807) is 25.5 Å². The van der Waals surface area contributed by atoms with E-state index in [4.69, 9.17) is 13.9 Å². The molecule has 0 radical (unpaired) electrons. The maximum atomic E-state index is 10.1. The molecule has 1 heterocycles. The summed E-state index contributed by atoms with van der Waals surface area (Å²) in [5, 5.41) is 16.6. The lowest BCUT2D eigenvalue weighted by Gasteiger charge is -2.13. The number of nitrogens with zero attached hydrogens (tertiary/aromatic N) is 1. The number of guanidine groups is 1. The summed E-state index contributed by atoms with van der Waals surface area (Å²) in [5.41, 5.74) is 1.20. The molecule has 0 aliphatic heterocycles. The molecule has 0 aliphatic rings. The van der Waals surface area contributed by atoms with Gasteiger partial charge >= 0.3 is 0 Å². The van der Waals surface area contributed by atoms with Gasteiger partial charge in [-0.15, -0.1) is 24.0 Å². The molecule has 29 heavy (non-hydrogen) atoms. The first-order chi connectivity index (χ1) is 13.7. The number of rotatable bonds is 11. The molecule has 3 N–H and O–H groups in total. The number of aryl methyl sites for hydroxylation is 1. The molecular weight excluding hydrogens is 485 g/mol. The molecule has 0 spiro atoms. The highest BCUT2D eigenvalue weighted by Gasteiger charge is 2.10. The van der Waals surface area contributed by atoms with Crippen LogP contribution in [0.1, 0.15) is 37.7 Å². The minimum atomic E-state index is -0.748. The number of methoxy groups -OCH3 is 1. The maximum Gasteiger partial charge on any atom is 0.191 e. The molecule has 1 aromatic heterocycles. The van der Waals surface area contributed by atoms with Crippen molar-refractivity contribution < 1.29 is 19.0 Å². The molecule has 1 atom stereocenters. The summed E-state index contributed by atoms with van der Waals surface area (Å²) in [7, 11) is 1.64. The standard InChI is InChI=1S/C21H31N3O4.HI/c1-4-22-21(24-15-17(25)18-9-7-13-28-18)23-12-6-8-16-10-11-19(26-3)20(14-16)27-5-2;/h7,9-11,13-14,17,25H,4-6,8,12,15H2,1-3H3,(H2,22,23,24);1H. The highest BCUT2D eigenvalue weighted by Crippen LogP contribution is 2.28. The van der Waals surface area contributed by atoms with Gasteiger partial charge < -0.3 is 29.6 Å². The number of hydrogen-bond acceptors (Lipinski definition) is 5. The summed E-state index contributed by atoms with van der Waals surface area (Å²) in [6, 6.07) is 9.52. The molecule has 2 aromatic rings. The van der Waals surface area contributed by atoms with E-state index in [0.717, 1.165) is 37.4 Å². The molecule has 0 amide bonds. The van der Waals surface area contributed by atoms with Gasteiger partial charge in [0.15, 0.2) is 17.5 Å². The Bertz CT molecular complexity index is 723. The van der Waals surface area contributed by atoms with Gasteiger partial charge in [0.25, 0.3) is 0 Å². The van der Waals surface area contributed by atoms with Crippen molar-refractivity contribution in [3.8, 4) is 11.5 Å². The Morgan fingerprint density at radius 1 is 1.21 bits per heavy atom. The Balaban J connectivity index is 0.00000420. The normalized spacial score (nSPS) is 12.1. The Labute approximate surface area is 189 Å². The van der Waals surface area contributed by atoms with E-state index in [2.05, 4.69) is 21.7 Å². The molecule has 2 rings (SSSR count). The third-order valence-corrected chi connectivity index (χ3v) is 4.10. The van der Waals surface area contributed by atoms with Crippen LogP contribution in [0.2, 0.25) is 0 Å². The number of ether oxygens (including phenoxy) is 2. The van der Waals surface area contributed by atoms with E-state index in [1.807, 2.05) is 26.0 Å². The van der Waals surface area contributed by atoms with Crippen LogP contribution in [0.3, 0.4) is 0 Å². The summed E-state index contributed by atoms with van der Waals surface area (Å²) in [6.07, 6.45) is 2.64. The molecule has 7 nitrogen and oxygen atoms in total. The molecule has 0 saturated carbocycles. The molecular formula is C21H32IN3O4. The lowest BCUT2D eigenvalue weighted by Crippen LogP contribution is -2.38. The molecule has 1 aromatic carbocycles. The average molecular weight is 517 g/mol. The van der Waals surface area contributed by atoms with Gasteiger partial charge in [-0.2, -0.15) is 0 Å². The zero-order valence-corrected chi connectivity index (χ0v) is 19.6. The second-order valence-electron chi connectivity index (χ2n) is 6.20. The largest absolute Gasteiger partial charge is 0.493 e. The van der Waals surface area contributed by atoms with Gasteiger partial charge in [-0.05, 0) is 56.5 Å². The number of aliphatic imine (C=N–C) groups is 1. The van der Waals surface area contributed by atoms with Gasteiger partial charge in [0.1, 0.15) is 11.9 Å². The molecule has 0 aliphatic carbocycles. The lowest BCUT2D eigenvalue weighted by molar-refractivity contribution is 0.158. The summed E-state index contributed by atoms with van der Waals surface area (Å²) in [6.45, 7) is 6.32. The van der Waals surface area contributed by atoms with Crippen LogP contribution in [0.4, 0.5) is 0 Å². The predicted molar refractivity (Wildman–Crippen MR) is 126 cm³/mol. The van der Waals surface area contributed by atoms with Gasteiger partial charge in [-0.3, -0.25) is 4.99 Å². The van der Waals surface area contributed by atoms with Crippen molar-refractivity contribution in [1.29, 1.82) is 0 Å². The van der Waals surface area contributed by atoms with E-state index >= 15 is 0 Å². The Morgan fingerprint density at radius 2 is 2.03 bits per heavy atom. The lowest BCUT2D eigenvalue weighted by atomic mass is 10.1. The van der Waals surface area contributed by atoms with Crippen molar-refractivity contribution in [3.63, 3.8) is 0 Å². The summed E-state index contributed by atoms with van der Waals surface area (Å²) in [5.74, 6) is 2.72. The van der Waals surface area contributed by atoms with Crippen LogP contribution < -0.4 is 20.1 Å². The van der Waals surface area contributed by atoms with Gasteiger partial charge in [0, 0.05) is 13.1 Å². The average Bonchev–Trinajstić information content (AvgIpc) is 3.24. The first-order valence-electron chi connectivity index (χ1n) is 9.71. The molecule has 0 fully saturated rings. The van der Waals surface area contributed by atoms with Crippen molar-refractivity contribution in [2.45, 2.75) is 32.8 Å². The van der Waals surface area contributed by atoms with Crippen LogP contribution in [0, 0.1) is 0 Å². The topological polar surface area (TPSA) is 88.3 Å². The Kier molecular flexibility index (Phi) is 12.2. The van der Waals surface area contributed by atoms with E-state index in [1.165, 1.54) is 5.56 Å². The van der Waals surface area contributed by atoms with Crippen LogP contribution in [0.15, 0.2) is 46.0 Å². The zero-order valence-electron chi connectivity index (χ0n) is 17.3. The summed E-state index contributed by atoms with van der Waals surface area (Å²) in [4.78, 5) is 4.42. The van der Waals surface area contributed by atoms with Crippen LogP contribution in [-0.2, 0) is 6.42 Å². The van der Waals surface area contributed by atoms with Crippen molar-refractivity contribution in [1.82, 2.24) is 10.6 Å². The number of halogens is 1. The van der Waals surface area contributed by atoms with E-state index in [0.29, 0.717) is 18.3 Å². The van der Waals surface area contributed by atoms with Gasteiger partial charge in [-0.1, -0.05) is 6.07 Å². The molecule has 8 heteroatoms. The first kappa shape index (κ1) is 25.1. The monoisotopic (exact) mass is 517 g/mol. The number of aliphatic hydroxyl groups excluding tert-OH is 1. The first-order valence-corrected chi connectivity index (χ1v) is 9.71. The van der Waals surface area contributed by atoms with E-state index in [-0.39, 0.29) is 30.5 Å². The van der Waals surface area contributed by atoms with Gasteiger partial charge in [0.05, 0.1) is 26.5 Å². The Hall–Kier alpha value is -1.94. The van der Waals surface area contributed by atoms with Crippen LogP contribution >= 0.6 is 24.0 Å². The number of benzene rings is 1. The second-order valence-corrected chi connectivity index (χ2v) is 6.20. The number of furan rings is 1. The van der Waals surface area contributed by atoms with Crippen LogP contribution in [0.5, 0.6) is 11.5 Å². The summed E-state index contributed by atoms with van der Waals surface area (Å²) >= 11 is 0. The highest BCUT2D eigenvalue weighted by atomic mass is 127. The number of hydrogen-bond donors (Lipinski definition) is 3. The maximum absolute atomic E-state index is 10.1. The minimum Gasteiger partial charge on any atom is -0.493 e. The van der Waals surface area contributed by atoms with E-state index < -0.39 is 6.10 Å². The van der Waals surface area contributed by atoms with Gasteiger partial charge in [-0.25, -0.2) is 0 Å². The van der Waals surface area contributed by atoms with Crippen molar-refractivity contribution in [2.75, 3.05) is 33.4 Å². The number of aliphatic hydroxyl groups is 1. The molecule has 0 bridgehead atoms. The van der Waals surface area contributed by atoms with Crippen LogP contribution in [0.25, 0.3) is 0 Å². The van der Waals surface area contributed by atoms with Crippen molar-refractivity contribution in [2.24, 2.45) is 4.99 Å². The third kappa shape index (κ3) is 8.53. The molecule has 0 saturated heterocycles. The van der Waals surface area contributed by atoms with Crippen molar-refractivity contribution >= 4 is 29.9 Å². The molecule has 1 unspecified atom stereocenters. The Morgan fingerprint density at radius 3 is 2.69 bits per heavy atom. The summed E-state index contributed by atoms with van der Waals surface area (Å²) < 4.78 is 16.1. The number of nitrogens with one attached hydrogen (secondary N) is 2. The van der Waals surface area contributed by atoms with Gasteiger partial charge in [0.2, 0.25) is 0 Å². The van der Waals surface area contributed by atoms with Crippen molar-refractivity contribution in [3.05, 3.63) is 47.9 Å². The fourth-order valence-electron chi connectivity index (χ4n) is 2.73. The smallest absolute Gasteiger partial charge is 0.191 e. The fraction of sp³-hybridized carbons (Fsp3) is 0.476. The highest BCUT2D eigenvalue weighted by molar-refractivity contribution is 14.0. The fourth-order valence-corrected chi connectivity index (χ4v) is 2.73. The van der Waals surface area contributed by atoms with E-state index in [9.17, 15) is 5.11 Å². The zero-order chi connectivity index (χ0) is 20.2. The SMILES string of the molecule is CCNC(=NCC(O)c1ccco1)NCCCc1ccc(OC)c(OCC)c1.I. The predicted octanol–water partition coefficient (Wildman–Crippen LogP) is 3.53. The minimum absolute atomic E-state index is 0. The third-order valence-electron chi connectivity index (χ3n) is 4.10.